The second-order valence-corrected chi connectivity index (χ2v) is 10.4. The van der Waals surface area contributed by atoms with E-state index in [1.807, 2.05) is 46.7 Å². The Labute approximate surface area is 198 Å². The predicted molar refractivity (Wildman–Crippen MR) is 124 cm³/mol. The van der Waals surface area contributed by atoms with Crippen molar-refractivity contribution in [1.82, 2.24) is 4.90 Å². The van der Waals surface area contributed by atoms with Crippen LogP contribution in [0.25, 0.3) is 0 Å². The average Bonchev–Trinajstić information content (AvgIpc) is 2.74. The third-order valence-electron chi connectivity index (χ3n) is 7.07. The van der Waals surface area contributed by atoms with Gasteiger partial charge in [0, 0.05) is 12.0 Å². The molecule has 0 aromatic heterocycles. The van der Waals surface area contributed by atoms with Crippen molar-refractivity contribution in [3.8, 4) is 0 Å². The molecule has 0 radical (unpaired) electrons. The lowest BCUT2D eigenvalue weighted by Crippen LogP contribution is -2.56. The standard InChI is InChI=1S/C25H43NO7/c1-9-20-25(6,30)11-10-19(27)14(2)12-15(3)22(17(5)23(29)32-20)33-24-21(28)18(26(7)8)13-16(4)31-24/h10-11,14-18,20-22,24,28,30H,9,12-13H2,1-8H3/b11-10+/t14-,15+,16+,17-,18-,20-,21+,22+,24-,25+/m1/s1. The minimum Gasteiger partial charge on any atom is -0.459 e. The molecule has 0 aromatic rings. The monoisotopic (exact) mass is 469 g/mol. The molecule has 0 spiro atoms. The van der Waals surface area contributed by atoms with Crippen LogP contribution in [0, 0.1) is 17.8 Å². The van der Waals surface area contributed by atoms with E-state index in [-0.39, 0.29) is 29.8 Å². The van der Waals surface area contributed by atoms with Crippen LogP contribution in [0.4, 0.5) is 0 Å². The van der Waals surface area contributed by atoms with Crippen LogP contribution in [0.3, 0.4) is 0 Å². The Hall–Kier alpha value is -1.32. The number of esters is 1. The van der Waals surface area contributed by atoms with E-state index < -0.39 is 42.1 Å². The highest BCUT2D eigenvalue weighted by atomic mass is 16.7. The zero-order chi connectivity index (χ0) is 25.1. The topological polar surface area (TPSA) is 106 Å². The minimum atomic E-state index is -1.47. The number of likely N-dealkylation sites (N-methyl/N-ethyl adjacent to an activating group) is 1. The molecule has 1 saturated heterocycles. The molecule has 8 heteroatoms. The highest BCUT2D eigenvalue weighted by Crippen LogP contribution is 2.32. The van der Waals surface area contributed by atoms with E-state index in [1.165, 1.54) is 19.1 Å². The van der Waals surface area contributed by atoms with Crippen molar-refractivity contribution in [3.05, 3.63) is 12.2 Å². The molecule has 2 N–H and O–H groups in total. The molecular weight excluding hydrogens is 426 g/mol. The van der Waals surface area contributed by atoms with Crippen molar-refractivity contribution >= 4 is 11.8 Å². The van der Waals surface area contributed by atoms with Crippen LogP contribution in [-0.2, 0) is 23.8 Å². The Kier molecular flexibility index (Phi) is 9.65. The maximum Gasteiger partial charge on any atom is 0.311 e. The number of hydrogen-bond acceptors (Lipinski definition) is 8. The normalized spacial score (nSPS) is 44.6. The number of rotatable bonds is 4. The summed E-state index contributed by atoms with van der Waals surface area (Å²) in [5.41, 5.74) is -1.47. The van der Waals surface area contributed by atoms with Gasteiger partial charge < -0.3 is 29.3 Å². The lowest BCUT2D eigenvalue weighted by atomic mass is 9.84. The number of hydrogen-bond donors (Lipinski definition) is 2. The fraction of sp³-hybridized carbons (Fsp3) is 0.840. The van der Waals surface area contributed by atoms with Crippen molar-refractivity contribution in [3.63, 3.8) is 0 Å². The third-order valence-corrected chi connectivity index (χ3v) is 7.07. The Morgan fingerprint density at radius 3 is 2.39 bits per heavy atom. The average molecular weight is 470 g/mol. The molecule has 0 unspecified atom stereocenters. The van der Waals surface area contributed by atoms with Crippen molar-refractivity contribution in [2.24, 2.45) is 17.8 Å². The molecule has 0 amide bonds. The van der Waals surface area contributed by atoms with Crippen LogP contribution in [-0.4, -0.2) is 83.3 Å². The van der Waals surface area contributed by atoms with Gasteiger partial charge in [0.25, 0.3) is 0 Å². The zero-order valence-corrected chi connectivity index (χ0v) is 21.4. The Bertz CT molecular complexity index is 707. The molecule has 0 aromatic carbocycles. The van der Waals surface area contributed by atoms with Gasteiger partial charge in [-0.25, -0.2) is 0 Å². The summed E-state index contributed by atoms with van der Waals surface area (Å²) in [5, 5.41) is 21.8. The molecule has 0 bridgehead atoms. The number of aliphatic hydroxyl groups excluding tert-OH is 1. The molecular formula is C25H43NO7. The van der Waals surface area contributed by atoms with Crippen LogP contribution in [0.5, 0.6) is 0 Å². The summed E-state index contributed by atoms with van der Waals surface area (Å²) in [6, 6.07) is -0.146. The van der Waals surface area contributed by atoms with Gasteiger partial charge in [-0.3, -0.25) is 9.59 Å². The van der Waals surface area contributed by atoms with E-state index in [9.17, 15) is 19.8 Å². The molecule has 33 heavy (non-hydrogen) atoms. The van der Waals surface area contributed by atoms with Crippen LogP contribution in [0.15, 0.2) is 12.2 Å². The van der Waals surface area contributed by atoms with Crippen molar-refractivity contribution in [1.29, 1.82) is 0 Å². The summed E-state index contributed by atoms with van der Waals surface area (Å²) in [6.45, 7) is 10.8. The minimum absolute atomic E-state index is 0.106. The highest BCUT2D eigenvalue weighted by molar-refractivity contribution is 5.91. The van der Waals surface area contributed by atoms with Gasteiger partial charge in [0.1, 0.15) is 17.8 Å². The van der Waals surface area contributed by atoms with Gasteiger partial charge in [0.15, 0.2) is 12.1 Å². The Morgan fingerprint density at radius 2 is 1.82 bits per heavy atom. The second-order valence-electron chi connectivity index (χ2n) is 10.4. The van der Waals surface area contributed by atoms with Crippen molar-refractivity contribution < 1.29 is 34.0 Å². The number of cyclic esters (lactones) is 1. The third kappa shape index (κ3) is 6.85. The summed E-state index contributed by atoms with van der Waals surface area (Å²) < 4.78 is 17.9. The number of ether oxygens (including phenoxy) is 3. The van der Waals surface area contributed by atoms with E-state index in [0.717, 1.165) is 0 Å². The Balaban J connectivity index is 2.36. The van der Waals surface area contributed by atoms with E-state index in [0.29, 0.717) is 19.3 Å². The fourth-order valence-electron chi connectivity index (χ4n) is 4.88. The van der Waals surface area contributed by atoms with Gasteiger partial charge >= 0.3 is 5.97 Å². The van der Waals surface area contributed by atoms with Gasteiger partial charge in [0.2, 0.25) is 0 Å². The van der Waals surface area contributed by atoms with Crippen LogP contribution in [0.1, 0.15) is 60.8 Å². The molecule has 8 nitrogen and oxygen atoms in total. The predicted octanol–water partition coefficient (Wildman–Crippen LogP) is 2.31. The van der Waals surface area contributed by atoms with Crippen LogP contribution < -0.4 is 0 Å². The zero-order valence-electron chi connectivity index (χ0n) is 21.4. The van der Waals surface area contributed by atoms with Crippen molar-refractivity contribution in [2.45, 2.75) is 103 Å². The fourth-order valence-corrected chi connectivity index (χ4v) is 4.88. The smallest absolute Gasteiger partial charge is 0.311 e. The maximum absolute atomic E-state index is 13.1. The number of nitrogens with zero attached hydrogens (tertiary/aromatic N) is 1. The second kappa shape index (κ2) is 11.4. The molecule has 2 aliphatic heterocycles. The molecule has 1 fully saturated rings. The van der Waals surface area contributed by atoms with E-state index in [1.54, 1.807) is 6.92 Å². The molecule has 2 aliphatic rings. The van der Waals surface area contributed by atoms with Gasteiger partial charge in [0.05, 0.1) is 18.1 Å². The summed E-state index contributed by atoms with van der Waals surface area (Å²) >= 11 is 0. The van der Waals surface area contributed by atoms with Gasteiger partial charge in [-0.2, -0.15) is 0 Å². The largest absolute Gasteiger partial charge is 0.459 e. The number of carbonyl (C=O) groups is 2. The summed E-state index contributed by atoms with van der Waals surface area (Å²) in [5.74, 6) is -1.81. The molecule has 0 aliphatic carbocycles. The van der Waals surface area contributed by atoms with E-state index in [2.05, 4.69) is 0 Å². The first-order valence-corrected chi connectivity index (χ1v) is 12.1. The number of carbonyl (C=O) groups excluding carboxylic acids is 2. The van der Waals surface area contributed by atoms with Crippen LogP contribution in [0.2, 0.25) is 0 Å². The molecule has 10 atom stereocenters. The van der Waals surface area contributed by atoms with E-state index >= 15 is 0 Å². The molecule has 2 rings (SSSR count). The number of aliphatic hydroxyl groups is 2. The lowest BCUT2D eigenvalue weighted by Gasteiger charge is -2.43. The maximum atomic E-state index is 13.1. The Morgan fingerprint density at radius 1 is 1.18 bits per heavy atom. The quantitative estimate of drug-likeness (QED) is 0.605. The first kappa shape index (κ1) is 27.9. The molecule has 0 saturated carbocycles. The van der Waals surface area contributed by atoms with Crippen molar-refractivity contribution in [2.75, 3.05) is 14.1 Å². The highest BCUT2D eigenvalue weighted by Gasteiger charge is 2.43. The number of allylic oxidation sites excluding steroid dienone is 1. The van der Waals surface area contributed by atoms with Gasteiger partial charge in [-0.05, 0) is 72.2 Å². The first-order valence-electron chi connectivity index (χ1n) is 12.1. The van der Waals surface area contributed by atoms with Gasteiger partial charge in [-0.15, -0.1) is 0 Å². The number of ketones is 1. The van der Waals surface area contributed by atoms with Crippen LogP contribution >= 0.6 is 0 Å². The van der Waals surface area contributed by atoms with E-state index in [4.69, 9.17) is 14.2 Å². The van der Waals surface area contributed by atoms with Gasteiger partial charge in [-0.1, -0.05) is 20.8 Å². The first-order chi connectivity index (χ1) is 15.3. The molecule has 190 valence electrons. The summed E-state index contributed by atoms with van der Waals surface area (Å²) in [4.78, 5) is 27.8. The SMILES string of the molecule is CC[C@H]1OC(=O)[C@H](C)[C@@H](O[C@H]2O[C@@H](C)C[C@@H](N(C)C)[C@@H]2O)[C@@H](C)C[C@@H](C)C(=O)/C=C/[C@]1(C)O. The molecule has 2 heterocycles. The summed E-state index contributed by atoms with van der Waals surface area (Å²) in [7, 11) is 3.80. The summed E-state index contributed by atoms with van der Waals surface area (Å²) in [6.07, 6.45) is 0.943. The lowest BCUT2D eigenvalue weighted by molar-refractivity contribution is -0.279.